The van der Waals surface area contributed by atoms with Gasteiger partial charge in [-0.3, -0.25) is 4.79 Å². The first-order valence-electron chi connectivity index (χ1n) is 5.88. The third-order valence-electron chi connectivity index (χ3n) is 2.70. The van der Waals surface area contributed by atoms with E-state index in [4.69, 9.17) is 10.00 Å². The van der Waals surface area contributed by atoms with E-state index in [1.54, 1.807) is 6.07 Å². The van der Waals surface area contributed by atoms with Crippen LogP contribution in [0.3, 0.4) is 0 Å². The van der Waals surface area contributed by atoms with Crippen molar-refractivity contribution < 1.29 is 9.53 Å². The number of methoxy groups -OCH3 is 1. The molecule has 1 aromatic carbocycles. The Kier molecular flexibility index (Phi) is 5.34. The summed E-state index contributed by atoms with van der Waals surface area (Å²) in [7, 11) is 1.38. The topological polar surface area (TPSA) is 62.1 Å². The SMILES string of the molecule is COC(=O)[C@H](NCc1cccc(C#N)c1)C(C)C. The van der Waals surface area contributed by atoms with Crippen LogP contribution < -0.4 is 5.32 Å². The molecule has 4 heteroatoms. The number of nitrogens with one attached hydrogen (secondary N) is 1. The van der Waals surface area contributed by atoms with Crippen LogP contribution in [0.2, 0.25) is 0 Å². The van der Waals surface area contributed by atoms with Gasteiger partial charge in [0.25, 0.3) is 0 Å². The van der Waals surface area contributed by atoms with Crippen molar-refractivity contribution in [2.45, 2.75) is 26.4 Å². The summed E-state index contributed by atoms with van der Waals surface area (Å²) in [4.78, 5) is 11.6. The van der Waals surface area contributed by atoms with Crippen LogP contribution >= 0.6 is 0 Å². The number of rotatable bonds is 5. The maximum Gasteiger partial charge on any atom is 0.323 e. The third-order valence-corrected chi connectivity index (χ3v) is 2.70. The first kappa shape index (κ1) is 14.2. The minimum Gasteiger partial charge on any atom is -0.468 e. The number of carbonyl (C=O) groups is 1. The Balaban J connectivity index is 2.67. The Morgan fingerprint density at radius 1 is 1.50 bits per heavy atom. The molecule has 0 spiro atoms. The van der Waals surface area contributed by atoms with Crippen molar-refractivity contribution >= 4 is 5.97 Å². The van der Waals surface area contributed by atoms with Crippen LogP contribution in [-0.2, 0) is 16.1 Å². The van der Waals surface area contributed by atoms with Crippen molar-refractivity contribution in [3.05, 3.63) is 35.4 Å². The van der Waals surface area contributed by atoms with Gasteiger partial charge in [0.05, 0.1) is 18.7 Å². The molecule has 1 atom stereocenters. The van der Waals surface area contributed by atoms with Crippen LogP contribution in [0.5, 0.6) is 0 Å². The highest BCUT2D eigenvalue weighted by molar-refractivity contribution is 5.75. The predicted molar refractivity (Wildman–Crippen MR) is 68.6 cm³/mol. The van der Waals surface area contributed by atoms with Gasteiger partial charge in [-0.25, -0.2) is 0 Å². The second-order valence-corrected chi connectivity index (χ2v) is 4.44. The zero-order valence-electron chi connectivity index (χ0n) is 10.9. The molecule has 0 bridgehead atoms. The van der Waals surface area contributed by atoms with Gasteiger partial charge in [-0.15, -0.1) is 0 Å². The molecular formula is C14H18N2O2. The van der Waals surface area contributed by atoms with Crippen molar-refractivity contribution in [2.75, 3.05) is 7.11 Å². The monoisotopic (exact) mass is 246 g/mol. The molecule has 1 rings (SSSR count). The molecule has 1 N–H and O–H groups in total. The molecule has 0 aliphatic carbocycles. The zero-order valence-corrected chi connectivity index (χ0v) is 10.9. The summed E-state index contributed by atoms with van der Waals surface area (Å²) in [6.45, 7) is 4.45. The molecule has 0 radical (unpaired) electrons. The Morgan fingerprint density at radius 2 is 2.22 bits per heavy atom. The first-order valence-corrected chi connectivity index (χ1v) is 5.88. The van der Waals surface area contributed by atoms with E-state index >= 15 is 0 Å². The maximum absolute atomic E-state index is 11.6. The standard InChI is InChI=1S/C14H18N2O2/c1-10(2)13(14(17)18-3)16-9-12-6-4-5-11(7-12)8-15/h4-7,10,13,16H,9H2,1-3H3/t13-/m1/s1. The van der Waals surface area contributed by atoms with E-state index in [9.17, 15) is 4.79 Å². The van der Waals surface area contributed by atoms with Crippen molar-refractivity contribution in [1.29, 1.82) is 5.26 Å². The molecule has 4 nitrogen and oxygen atoms in total. The number of esters is 1. The van der Waals surface area contributed by atoms with E-state index in [0.29, 0.717) is 12.1 Å². The van der Waals surface area contributed by atoms with Crippen LogP contribution in [0.25, 0.3) is 0 Å². The highest BCUT2D eigenvalue weighted by Gasteiger charge is 2.21. The Morgan fingerprint density at radius 3 is 2.78 bits per heavy atom. The lowest BCUT2D eigenvalue weighted by Crippen LogP contribution is -2.41. The van der Waals surface area contributed by atoms with Gasteiger partial charge in [0, 0.05) is 6.54 Å². The lowest BCUT2D eigenvalue weighted by molar-refractivity contribution is -0.144. The normalized spacial score (nSPS) is 11.9. The van der Waals surface area contributed by atoms with Crippen LogP contribution in [0.4, 0.5) is 0 Å². The van der Waals surface area contributed by atoms with E-state index in [1.165, 1.54) is 7.11 Å². The average Bonchev–Trinajstić information content (AvgIpc) is 2.38. The second kappa shape index (κ2) is 6.77. The minimum absolute atomic E-state index is 0.150. The summed E-state index contributed by atoms with van der Waals surface area (Å²) in [5, 5.41) is 12.0. The van der Waals surface area contributed by atoms with Crippen LogP contribution in [-0.4, -0.2) is 19.1 Å². The smallest absolute Gasteiger partial charge is 0.323 e. The van der Waals surface area contributed by atoms with E-state index in [-0.39, 0.29) is 17.9 Å². The summed E-state index contributed by atoms with van der Waals surface area (Å²) in [5.74, 6) is -0.113. The Labute approximate surface area is 108 Å². The van der Waals surface area contributed by atoms with Gasteiger partial charge in [-0.1, -0.05) is 26.0 Å². The first-order chi connectivity index (χ1) is 8.58. The van der Waals surface area contributed by atoms with E-state index in [0.717, 1.165) is 5.56 Å². The van der Waals surface area contributed by atoms with Gasteiger partial charge in [0.1, 0.15) is 6.04 Å². The highest BCUT2D eigenvalue weighted by Crippen LogP contribution is 2.07. The fourth-order valence-electron chi connectivity index (χ4n) is 1.70. The third kappa shape index (κ3) is 3.86. The molecule has 0 aliphatic heterocycles. The number of hydrogen-bond donors (Lipinski definition) is 1. The van der Waals surface area contributed by atoms with Crippen LogP contribution in [0, 0.1) is 17.2 Å². The molecule has 0 heterocycles. The lowest BCUT2D eigenvalue weighted by atomic mass is 10.0. The average molecular weight is 246 g/mol. The van der Waals surface area contributed by atoms with Gasteiger partial charge >= 0.3 is 5.97 Å². The summed E-state index contributed by atoms with van der Waals surface area (Å²) in [6.07, 6.45) is 0. The number of ether oxygens (including phenoxy) is 1. The molecule has 0 aliphatic rings. The fraction of sp³-hybridized carbons (Fsp3) is 0.429. The lowest BCUT2D eigenvalue weighted by Gasteiger charge is -2.19. The number of carbonyl (C=O) groups excluding carboxylic acids is 1. The predicted octanol–water partition coefficient (Wildman–Crippen LogP) is 1.85. The number of hydrogen-bond acceptors (Lipinski definition) is 4. The number of nitriles is 1. The van der Waals surface area contributed by atoms with Crippen molar-refractivity contribution in [3.63, 3.8) is 0 Å². The van der Waals surface area contributed by atoms with Gasteiger partial charge in [0.15, 0.2) is 0 Å². The quantitative estimate of drug-likeness (QED) is 0.805. The van der Waals surface area contributed by atoms with E-state index in [2.05, 4.69) is 11.4 Å². The molecule has 0 unspecified atom stereocenters. The van der Waals surface area contributed by atoms with Gasteiger partial charge < -0.3 is 10.1 Å². The van der Waals surface area contributed by atoms with Gasteiger partial charge in [-0.05, 0) is 23.6 Å². The second-order valence-electron chi connectivity index (χ2n) is 4.44. The van der Waals surface area contributed by atoms with Gasteiger partial charge in [0.2, 0.25) is 0 Å². The molecule has 0 saturated carbocycles. The molecular weight excluding hydrogens is 228 g/mol. The largest absolute Gasteiger partial charge is 0.468 e. The Hall–Kier alpha value is -1.86. The van der Waals surface area contributed by atoms with Crippen molar-refractivity contribution in [1.82, 2.24) is 5.32 Å². The van der Waals surface area contributed by atoms with Crippen molar-refractivity contribution in [3.8, 4) is 6.07 Å². The van der Waals surface area contributed by atoms with Gasteiger partial charge in [-0.2, -0.15) is 5.26 Å². The van der Waals surface area contributed by atoms with E-state index in [1.807, 2.05) is 32.0 Å². The molecule has 0 fully saturated rings. The molecule has 0 aromatic heterocycles. The maximum atomic E-state index is 11.6. The highest BCUT2D eigenvalue weighted by atomic mass is 16.5. The molecule has 0 saturated heterocycles. The number of nitrogens with zero attached hydrogens (tertiary/aromatic N) is 1. The number of benzene rings is 1. The molecule has 1 aromatic rings. The fourth-order valence-corrected chi connectivity index (χ4v) is 1.70. The van der Waals surface area contributed by atoms with E-state index < -0.39 is 0 Å². The van der Waals surface area contributed by atoms with Crippen molar-refractivity contribution in [2.24, 2.45) is 5.92 Å². The molecule has 0 amide bonds. The molecule has 96 valence electrons. The minimum atomic E-state index is -0.333. The summed E-state index contributed by atoms with van der Waals surface area (Å²) in [6, 6.07) is 9.07. The van der Waals surface area contributed by atoms with Crippen LogP contribution in [0.15, 0.2) is 24.3 Å². The summed E-state index contributed by atoms with van der Waals surface area (Å²) < 4.78 is 4.75. The summed E-state index contributed by atoms with van der Waals surface area (Å²) in [5.41, 5.74) is 1.59. The zero-order chi connectivity index (χ0) is 13.5. The molecule has 18 heavy (non-hydrogen) atoms. The summed E-state index contributed by atoms with van der Waals surface area (Å²) >= 11 is 0. The van der Waals surface area contributed by atoms with Crippen LogP contribution in [0.1, 0.15) is 25.0 Å². The Bertz CT molecular complexity index is 449.